The summed E-state index contributed by atoms with van der Waals surface area (Å²) in [5.74, 6) is 3.50. The molecule has 1 amide bonds. The molecule has 0 spiro atoms. The van der Waals surface area contributed by atoms with E-state index in [1.54, 1.807) is 12.1 Å². The van der Waals surface area contributed by atoms with Crippen molar-refractivity contribution >= 4 is 16.1 Å². The van der Waals surface area contributed by atoms with E-state index in [4.69, 9.17) is 9.47 Å². The molecule has 2 unspecified atom stereocenters. The van der Waals surface area contributed by atoms with Gasteiger partial charge in [-0.1, -0.05) is 6.07 Å². The second-order valence-electron chi connectivity index (χ2n) is 10.7. The fourth-order valence-electron chi connectivity index (χ4n) is 7.36. The lowest BCUT2D eigenvalue weighted by Gasteiger charge is -2.57. The molecule has 2 N–H and O–H groups in total. The summed E-state index contributed by atoms with van der Waals surface area (Å²) in [5.41, 5.74) is 0.982. The van der Waals surface area contributed by atoms with Crippen LogP contribution in [-0.4, -0.2) is 45.1 Å². The quantitative estimate of drug-likeness (QED) is 0.717. The number of amides is 1. The van der Waals surface area contributed by atoms with Crippen molar-refractivity contribution in [3.63, 3.8) is 0 Å². The van der Waals surface area contributed by atoms with Crippen molar-refractivity contribution in [2.45, 2.75) is 57.0 Å². The SMILES string of the molecule is CN1C(C(=O)NCC23CC4CC(CC(C4)C2)C3)CC(c2ccc3c(c2)OCO3)NS1(=O)=O. The van der Waals surface area contributed by atoms with Gasteiger partial charge in [-0.15, -0.1) is 0 Å². The predicted octanol–water partition coefficient (Wildman–Crippen LogP) is 2.33. The van der Waals surface area contributed by atoms with Crippen molar-refractivity contribution in [3.8, 4) is 11.5 Å². The number of carbonyl (C=O) groups is 1. The Balaban J connectivity index is 1.18. The van der Waals surface area contributed by atoms with E-state index < -0.39 is 22.3 Å². The molecule has 8 nitrogen and oxygen atoms in total. The lowest BCUT2D eigenvalue weighted by Crippen LogP contribution is -2.58. The summed E-state index contributed by atoms with van der Waals surface area (Å²) in [5, 5.41) is 3.17. The van der Waals surface area contributed by atoms with E-state index in [0.717, 1.165) is 23.3 Å². The highest BCUT2D eigenvalue weighted by Crippen LogP contribution is 2.59. The van der Waals surface area contributed by atoms with Crippen LogP contribution in [0.4, 0.5) is 0 Å². The van der Waals surface area contributed by atoms with Crippen LogP contribution in [0.3, 0.4) is 0 Å². The standard InChI is InChI=1S/C23H31N3O5S/c1-26-19(22(27)24-12-23-9-14-4-15(10-23)6-16(5-14)11-23)8-18(25-32(26,28)29)17-2-3-20-21(7-17)31-13-30-20/h2-3,7,14-16,18-19,25H,4-6,8-13H2,1H3,(H,24,27). The summed E-state index contributed by atoms with van der Waals surface area (Å²) in [6.45, 7) is 0.828. The first-order valence-electron chi connectivity index (χ1n) is 11.7. The van der Waals surface area contributed by atoms with Gasteiger partial charge >= 0.3 is 0 Å². The molecule has 0 aromatic heterocycles. The Kier molecular flexibility index (Phi) is 4.75. The average molecular weight is 462 g/mol. The third kappa shape index (κ3) is 3.49. The molecule has 5 fully saturated rings. The molecule has 2 atom stereocenters. The summed E-state index contributed by atoms with van der Waals surface area (Å²) in [4.78, 5) is 13.3. The molecule has 174 valence electrons. The highest BCUT2D eigenvalue weighted by molar-refractivity contribution is 7.87. The molecule has 4 bridgehead atoms. The molecule has 4 saturated carbocycles. The number of nitrogens with one attached hydrogen (secondary N) is 2. The first-order chi connectivity index (χ1) is 15.3. The normalized spacial score (nSPS) is 39.2. The van der Waals surface area contributed by atoms with Crippen LogP contribution in [0.2, 0.25) is 0 Å². The van der Waals surface area contributed by atoms with E-state index >= 15 is 0 Å². The molecule has 9 heteroatoms. The van der Waals surface area contributed by atoms with Gasteiger partial charge in [-0.2, -0.15) is 17.4 Å². The topological polar surface area (TPSA) is 97.0 Å². The van der Waals surface area contributed by atoms with E-state index in [1.807, 2.05) is 6.07 Å². The van der Waals surface area contributed by atoms with E-state index in [-0.39, 0.29) is 18.1 Å². The number of nitrogens with zero attached hydrogens (tertiary/aromatic N) is 1. The molecule has 2 heterocycles. The maximum atomic E-state index is 13.3. The number of hydrogen-bond donors (Lipinski definition) is 2. The minimum atomic E-state index is -3.78. The van der Waals surface area contributed by atoms with E-state index in [9.17, 15) is 13.2 Å². The summed E-state index contributed by atoms with van der Waals surface area (Å²) in [7, 11) is -2.30. The van der Waals surface area contributed by atoms with Crippen LogP contribution in [0.1, 0.15) is 56.6 Å². The second-order valence-corrected chi connectivity index (χ2v) is 12.5. The van der Waals surface area contributed by atoms with Gasteiger partial charge in [0, 0.05) is 13.6 Å². The van der Waals surface area contributed by atoms with Gasteiger partial charge in [0.2, 0.25) is 12.7 Å². The molecular formula is C23H31N3O5S. The zero-order chi connectivity index (χ0) is 22.1. The Morgan fingerprint density at radius 1 is 1.09 bits per heavy atom. The number of hydrogen-bond acceptors (Lipinski definition) is 5. The van der Waals surface area contributed by atoms with Gasteiger partial charge < -0.3 is 14.8 Å². The fourth-order valence-corrected chi connectivity index (χ4v) is 8.63. The van der Waals surface area contributed by atoms with Gasteiger partial charge in [0.1, 0.15) is 6.04 Å². The summed E-state index contributed by atoms with van der Waals surface area (Å²) in [6.07, 6.45) is 8.07. The van der Waals surface area contributed by atoms with Crippen LogP contribution in [0.15, 0.2) is 18.2 Å². The first kappa shape index (κ1) is 20.7. The highest BCUT2D eigenvalue weighted by atomic mass is 32.2. The number of carbonyl (C=O) groups excluding carboxylic acids is 1. The molecule has 4 aliphatic carbocycles. The van der Waals surface area contributed by atoms with E-state index in [2.05, 4.69) is 10.0 Å². The smallest absolute Gasteiger partial charge is 0.280 e. The zero-order valence-electron chi connectivity index (χ0n) is 18.4. The molecular weight excluding hydrogens is 430 g/mol. The van der Waals surface area contributed by atoms with Crippen LogP contribution in [0.5, 0.6) is 11.5 Å². The molecule has 6 aliphatic rings. The van der Waals surface area contributed by atoms with Crippen molar-refractivity contribution in [2.75, 3.05) is 20.4 Å². The largest absolute Gasteiger partial charge is 0.454 e. The number of fused-ring (bicyclic) bond motifs is 1. The van der Waals surface area contributed by atoms with Gasteiger partial charge in [-0.05, 0) is 85.8 Å². The van der Waals surface area contributed by atoms with Gasteiger partial charge in [-0.25, -0.2) is 0 Å². The van der Waals surface area contributed by atoms with Crippen LogP contribution in [-0.2, 0) is 15.0 Å². The Morgan fingerprint density at radius 2 is 1.75 bits per heavy atom. The van der Waals surface area contributed by atoms with E-state index in [0.29, 0.717) is 24.5 Å². The lowest BCUT2D eigenvalue weighted by atomic mass is 9.49. The number of benzene rings is 1. The van der Waals surface area contributed by atoms with Crippen LogP contribution >= 0.6 is 0 Å². The third-order valence-electron chi connectivity index (χ3n) is 8.47. The van der Waals surface area contributed by atoms with Crippen molar-refractivity contribution in [1.29, 1.82) is 0 Å². The molecule has 2 aliphatic heterocycles. The summed E-state index contributed by atoms with van der Waals surface area (Å²) >= 11 is 0. The van der Waals surface area contributed by atoms with Crippen molar-refractivity contribution in [1.82, 2.24) is 14.3 Å². The van der Waals surface area contributed by atoms with Gasteiger partial charge in [0.05, 0.1) is 6.04 Å². The van der Waals surface area contributed by atoms with Gasteiger partial charge in [0.25, 0.3) is 10.2 Å². The van der Waals surface area contributed by atoms with Crippen molar-refractivity contribution in [3.05, 3.63) is 23.8 Å². The summed E-state index contributed by atoms with van der Waals surface area (Å²) < 4.78 is 40.3. The van der Waals surface area contributed by atoms with Crippen molar-refractivity contribution in [2.24, 2.45) is 23.2 Å². The van der Waals surface area contributed by atoms with Gasteiger partial charge in [0.15, 0.2) is 11.5 Å². The maximum Gasteiger partial charge on any atom is 0.280 e. The average Bonchev–Trinajstić information content (AvgIpc) is 3.21. The minimum Gasteiger partial charge on any atom is -0.454 e. The van der Waals surface area contributed by atoms with Crippen LogP contribution in [0, 0.1) is 23.2 Å². The summed E-state index contributed by atoms with van der Waals surface area (Å²) in [6, 6.07) is 4.17. The predicted molar refractivity (Wildman–Crippen MR) is 117 cm³/mol. The second kappa shape index (κ2) is 7.33. The minimum absolute atomic E-state index is 0.160. The third-order valence-corrected chi connectivity index (χ3v) is 10.1. The number of likely N-dealkylation sites (N-methyl/N-ethyl adjacent to an activating group) is 1. The molecule has 32 heavy (non-hydrogen) atoms. The molecule has 1 aromatic carbocycles. The first-order valence-corrected chi connectivity index (χ1v) is 13.2. The number of rotatable bonds is 4. The van der Waals surface area contributed by atoms with Crippen molar-refractivity contribution < 1.29 is 22.7 Å². The Morgan fingerprint density at radius 3 is 2.44 bits per heavy atom. The Hall–Kier alpha value is -1.84. The van der Waals surface area contributed by atoms with Crippen LogP contribution in [0.25, 0.3) is 0 Å². The zero-order valence-corrected chi connectivity index (χ0v) is 19.2. The molecule has 1 aromatic rings. The highest BCUT2D eigenvalue weighted by Gasteiger charge is 2.51. The van der Waals surface area contributed by atoms with E-state index in [1.165, 1.54) is 49.9 Å². The molecule has 1 saturated heterocycles. The monoisotopic (exact) mass is 461 g/mol. The lowest BCUT2D eigenvalue weighted by molar-refractivity contribution is -0.127. The van der Waals surface area contributed by atoms with Gasteiger partial charge in [-0.3, -0.25) is 4.79 Å². The fraction of sp³-hybridized carbons (Fsp3) is 0.696. The molecule has 7 rings (SSSR count). The Bertz CT molecular complexity index is 1010. The Labute approximate surface area is 189 Å². The van der Waals surface area contributed by atoms with Crippen LogP contribution < -0.4 is 19.5 Å². The number of ether oxygens (including phenoxy) is 2. The maximum absolute atomic E-state index is 13.3. The molecule has 0 radical (unpaired) electrons.